The summed E-state index contributed by atoms with van der Waals surface area (Å²) in [6.45, 7) is 5.09. The normalized spacial score (nSPS) is 10.5. The number of hydrogen-bond donors (Lipinski definition) is 2. The van der Waals surface area contributed by atoms with Gasteiger partial charge >= 0.3 is 0 Å². The fourth-order valence-corrected chi connectivity index (χ4v) is 2.05. The third-order valence-corrected chi connectivity index (χ3v) is 3.29. The van der Waals surface area contributed by atoms with Gasteiger partial charge < -0.3 is 19.9 Å². The summed E-state index contributed by atoms with van der Waals surface area (Å²) in [6.07, 6.45) is 0. The van der Waals surface area contributed by atoms with E-state index in [4.69, 9.17) is 9.26 Å². The van der Waals surface area contributed by atoms with Crippen molar-refractivity contribution in [3.05, 3.63) is 47.3 Å². The molecule has 0 saturated carbocycles. The summed E-state index contributed by atoms with van der Waals surface area (Å²) < 4.78 is 10.6. The number of rotatable bonds is 8. The second-order valence-electron chi connectivity index (χ2n) is 5.95. The van der Waals surface area contributed by atoms with Crippen molar-refractivity contribution in [2.45, 2.75) is 33.4 Å². The lowest BCUT2D eigenvalue weighted by atomic mass is 10.1. The molecule has 1 aromatic heterocycles. The molecule has 2 N–H and O–H groups in total. The number of nitrogens with one attached hydrogen (secondary N) is 2. The number of carbonyl (C=O) groups is 3. The van der Waals surface area contributed by atoms with E-state index in [0.717, 1.165) is 0 Å². The highest BCUT2D eigenvalue weighted by molar-refractivity contribution is 5.95. The van der Waals surface area contributed by atoms with Crippen molar-refractivity contribution < 1.29 is 23.6 Å². The van der Waals surface area contributed by atoms with Gasteiger partial charge in [0.1, 0.15) is 12.4 Å². The van der Waals surface area contributed by atoms with Gasteiger partial charge in [-0.3, -0.25) is 14.4 Å². The van der Waals surface area contributed by atoms with E-state index in [0.29, 0.717) is 17.1 Å². The van der Waals surface area contributed by atoms with Gasteiger partial charge in [-0.2, -0.15) is 0 Å². The van der Waals surface area contributed by atoms with Crippen molar-refractivity contribution in [1.29, 1.82) is 0 Å². The van der Waals surface area contributed by atoms with E-state index in [1.807, 2.05) is 13.8 Å². The van der Waals surface area contributed by atoms with Crippen LogP contribution in [0, 0.1) is 0 Å². The van der Waals surface area contributed by atoms with Gasteiger partial charge in [-0.1, -0.05) is 5.16 Å². The predicted octanol–water partition coefficient (Wildman–Crippen LogP) is 1.71. The summed E-state index contributed by atoms with van der Waals surface area (Å²) in [4.78, 5) is 34.7. The highest BCUT2D eigenvalue weighted by Gasteiger charge is 2.14. The molecule has 0 radical (unpaired) electrons. The van der Waals surface area contributed by atoms with E-state index in [1.54, 1.807) is 24.3 Å². The number of amides is 2. The SMILES string of the molecule is CC(=O)c1ccc(OCc2cc(C(=O)NCC(=O)NC(C)C)no2)cc1. The van der Waals surface area contributed by atoms with E-state index in [1.165, 1.54) is 13.0 Å². The maximum Gasteiger partial charge on any atom is 0.273 e. The Morgan fingerprint density at radius 1 is 1.19 bits per heavy atom. The Morgan fingerprint density at radius 3 is 2.50 bits per heavy atom. The van der Waals surface area contributed by atoms with Crippen molar-refractivity contribution in [3.8, 4) is 5.75 Å². The summed E-state index contributed by atoms with van der Waals surface area (Å²) in [5.74, 6) is 0.101. The molecule has 0 aliphatic rings. The van der Waals surface area contributed by atoms with Crippen LogP contribution in [0.15, 0.2) is 34.9 Å². The first-order valence-electron chi connectivity index (χ1n) is 8.12. The number of benzene rings is 1. The monoisotopic (exact) mass is 359 g/mol. The fourth-order valence-electron chi connectivity index (χ4n) is 2.05. The molecular formula is C18H21N3O5. The van der Waals surface area contributed by atoms with Gasteiger partial charge in [-0.05, 0) is 45.0 Å². The van der Waals surface area contributed by atoms with Gasteiger partial charge in [-0.15, -0.1) is 0 Å². The first-order valence-corrected chi connectivity index (χ1v) is 8.12. The van der Waals surface area contributed by atoms with E-state index >= 15 is 0 Å². The van der Waals surface area contributed by atoms with Crippen LogP contribution in [-0.4, -0.2) is 35.3 Å². The summed E-state index contributed by atoms with van der Waals surface area (Å²) in [7, 11) is 0. The third kappa shape index (κ3) is 5.73. The molecule has 8 nitrogen and oxygen atoms in total. The highest BCUT2D eigenvalue weighted by Crippen LogP contribution is 2.15. The van der Waals surface area contributed by atoms with Crippen molar-refractivity contribution in [1.82, 2.24) is 15.8 Å². The first kappa shape index (κ1) is 19.2. The fraction of sp³-hybridized carbons (Fsp3) is 0.333. The zero-order valence-corrected chi connectivity index (χ0v) is 14.9. The van der Waals surface area contributed by atoms with Crippen LogP contribution in [0.25, 0.3) is 0 Å². The van der Waals surface area contributed by atoms with E-state index in [-0.39, 0.29) is 36.6 Å². The van der Waals surface area contributed by atoms with E-state index in [2.05, 4.69) is 15.8 Å². The minimum Gasteiger partial charge on any atom is -0.486 e. The zero-order valence-electron chi connectivity index (χ0n) is 14.9. The number of ketones is 1. The van der Waals surface area contributed by atoms with Crippen molar-refractivity contribution in [2.24, 2.45) is 0 Å². The molecule has 2 rings (SSSR count). The lowest BCUT2D eigenvalue weighted by molar-refractivity contribution is -0.120. The van der Waals surface area contributed by atoms with Gasteiger partial charge in [0.15, 0.2) is 17.2 Å². The Labute approximate surface area is 150 Å². The van der Waals surface area contributed by atoms with E-state index in [9.17, 15) is 14.4 Å². The van der Waals surface area contributed by atoms with Crippen LogP contribution in [0.3, 0.4) is 0 Å². The molecule has 0 spiro atoms. The Morgan fingerprint density at radius 2 is 1.88 bits per heavy atom. The molecule has 0 unspecified atom stereocenters. The van der Waals surface area contributed by atoms with Gasteiger partial charge in [0.25, 0.3) is 5.91 Å². The molecule has 0 aliphatic heterocycles. The van der Waals surface area contributed by atoms with Crippen molar-refractivity contribution >= 4 is 17.6 Å². The number of hydrogen-bond acceptors (Lipinski definition) is 6. The largest absolute Gasteiger partial charge is 0.486 e. The summed E-state index contributed by atoms with van der Waals surface area (Å²) in [6, 6.07) is 8.12. The molecular weight excluding hydrogens is 338 g/mol. The van der Waals surface area contributed by atoms with Crippen LogP contribution in [0.4, 0.5) is 0 Å². The molecule has 0 atom stereocenters. The molecule has 0 fully saturated rings. The molecule has 138 valence electrons. The minimum absolute atomic E-state index is 0.000263. The molecule has 0 bridgehead atoms. The number of carbonyl (C=O) groups excluding carboxylic acids is 3. The van der Waals surface area contributed by atoms with Crippen LogP contribution in [-0.2, 0) is 11.4 Å². The van der Waals surface area contributed by atoms with Crippen molar-refractivity contribution in [3.63, 3.8) is 0 Å². The van der Waals surface area contributed by atoms with Crippen LogP contribution >= 0.6 is 0 Å². The minimum atomic E-state index is -0.510. The molecule has 2 aromatic rings. The summed E-state index contributed by atoms with van der Waals surface area (Å²) in [5, 5.41) is 8.79. The van der Waals surface area contributed by atoms with Crippen LogP contribution in [0.5, 0.6) is 5.75 Å². The number of nitrogens with zero attached hydrogens (tertiary/aromatic N) is 1. The third-order valence-electron chi connectivity index (χ3n) is 3.29. The Kier molecular flexibility index (Phi) is 6.48. The van der Waals surface area contributed by atoms with Crippen LogP contribution < -0.4 is 15.4 Å². The van der Waals surface area contributed by atoms with Gasteiger partial charge in [0, 0.05) is 17.7 Å². The Balaban J connectivity index is 1.84. The second-order valence-corrected chi connectivity index (χ2v) is 5.95. The Hall–Kier alpha value is -3.16. The smallest absolute Gasteiger partial charge is 0.273 e. The number of ether oxygens (including phenoxy) is 1. The Bertz CT molecular complexity index is 780. The topological polar surface area (TPSA) is 111 Å². The highest BCUT2D eigenvalue weighted by atomic mass is 16.5. The number of Topliss-reactive ketones (excluding diaryl/α,β-unsaturated/α-hetero) is 1. The summed E-state index contributed by atoms with van der Waals surface area (Å²) >= 11 is 0. The molecule has 1 heterocycles. The maximum absolute atomic E-state index is 11.9. The number of aromatic nitrogens is 1. The first-order chi connectivity index (χ1) is 12.3. The average Bonchev–Trinajstić information content (AvgIpc) is 3.06. The summed E-state index contributed by atoms with van der Waals surface area (Å²) in [5.41, 5.74) is 0.658. The molecule has 0 saturated heterocycles. The molecule has 26 heavy (non-hydrogen) atoms. The van der Waals surface area contributed by atoms with Crippen LogP contribution in [0.2, 0.25) is 0 Å². The van der Waals surface area contributed by atoms with E-state index < -0.39 is 5.91 Å². The average molecular weight is 359 g/mol. The lowest BCUT2D eigenvalue weighted by Gasteiger charge is -2.08. The van der Waals surface area contributed by atoms with Gasteiger partial charge in [0.2, 0.25) is 5.91 Å². The lowest BCUT2D eigenvalue weighted by Crippen LogP contribution is -2.39. The molecule has 2 amide bonds. The second kappa shape index (κ2) is 8.80. The molecule has 8 heteroatoms. The molecule has 1 aromatic carbocycles. The standard InChI is InChI=1S/C18H21N3O5/c1-11(2)20-17(23)9-19-18(24)16-8-15(26-21-16)10-25-14-6-4-13(5-7-14)12(3)22/h4-8,11H,9-10H2,1-3H3,(H,19,24)(H,20,23). The van der Waals surface area contributed by atoms with Crippen LogP contribution in [0.1, 0.15) is 47.4 Å². The quantitative estimate of drug-likeness (QED) is 0.694. The zero-order chi connectivity index (χ0) is 19.1. The van der Waals surface area contributed by atoms with Gasteiger partial charge in [-0.25, -0.2) is 0 Å². The predicted molar refractivity (Wildman–Crippen MR) is 92.9 cm³/mol. The maximum atomic E-state index is 11.9. The van der Waals surface area contributed by atoms with Crippen molar-refractivity contribution in [2.75, 3.05) is 6.54 Å². The molecule has 0 aliphatic carbocycles. The van der Waals surface area contributed by atoms with Gasteiger partial charge in [0.05, 0.1) is 6.54 Å².